The summed E-state index contributed by atoms with van der Waals surface area (Å²) in [6, 6.07) is 15.3. The maximum absolute atomic E-state index is 2.26. The molecule has 0 atom stereocenters. The van der Waals surface area contributed by atoms with E-state index in [1.807, 2.05) is 0 Å². The number of rotatable bonds is 2. The molecule has 0 unspecified atom stereocenters. The Morgan fingerprint density at radius 3 is 2.18 bits per heavy atom. The molecular weight excluding hydrogens is 319 g/mol. The smallest absolute Gasteiger partial charge is 0.0109 e. The Hall–Kier alpha value is -1.09. The second-order valence-electron chi connectivity index (χ2n) is 4.25. The number of halogens is 1. The van der Waals surface area contributed by atoms with Gasteiger partial charge in [-0.1, -0.05) is 76.2 Å². The molecule has 0 aromatic heterocycles. The van der Waals surface area contributed by atoms with Gasteiger partial charge in [0, 0.05) is 0 Å². The molecule has 0 amide bonds. The van der Waals surface area contributed by atoms with E-state index in [1.54, 1.807) is 0 Å². The Balaban J connectivity index is 2.56. The van der Waals surface area contributed by atoms with E-state index in [9.17, 15) is 0 Å². The van der Waals surface area contributed by atoms with E-state index in [-0.39, 0.29) is 0 Å². The molecule has 2 aromatic rings. The highest BCUT2D eigenvalue weighted by Crippen LogP contribution is 2.26. The first-order chi connectivity index (χ1) is 8.20. The zero-order valence-electron chi connectivity index (χ0n) is 10.1. The maximum Gasteiger partial charge on any atom is -0.0109 e. The van der Waals surface area contributed by atoms with Crippen LogP contribution in [0.1, 0.15) is 16.7 Å². The molecule has 0 saturated carbocycles. The number of benzene rings is 2. The van der Waals surface area contributed by atoms with Crippen LogP contribution in [0.2, 0.25) is 0 Å². The van der Waals surface area contributed by atoms with Gasteiger partial charge in [-0.25, -0.2) is 0 Å². The van der Waals surface area contributed by atoms with Gasteiger partial charge in [-0.3, -0.25) is 0 Å². The molecule has 1 heteroatoms. The van der Waals surface area contributed by atoms with Gasteiger partial charge in [0.2, 0.25) is 0 Å². The number of hydrogen-bond donors (Lipinski definition) is 0. The molecule has 0 heterocycles. The first-order valence-corrected chi connectivity index (χ1v) is 6.90. The summed E-state index contributed by atoms with van der Waals surface area (Å²) in [4.78, 5) is 0. The molecule has 2 aromatic carbocycles. The van der Waals surface area contributed by atoms with Crippen molar-refractivity contribution in [2.24, 2.45) is 0 Å². The monoisotopic (exact) mass is 334 g/mol. The largest absolute Gasteiger partial charge is 0.0587 e. The van der Waals surface area contributed by atoms with Crippen LogP contribution in [-0.2, 0) is 0 Å². The highest BCUT2D eigenvalue weighted by molar-refractivity contribution is 14.1. The van der Waals surface area contributed by atoms with Crippen LogP contribution in [0.4, 0.5) is 0 Å². The Kier molecular flexibility index (Phi) is 4.00. The van der Waals surface area contributed by atoms with E-state index in [4.69, 9.17) is 0 Å². The van der Waals surface area contributed by atoms with Crippen molar-refractivity contribution in [3.8, 4) is 11.1 Å². The van der Waals surface area contributed by atoms with Crippen molar-refractivity contribution in [3.63, 3.8) is 0 Å². The standard InChI is InChI=1S/C16H15I/c1-12-3-6-14(7-4-12)16-11-13(2)5-8-15(16)9-10-17/h3-11H,1-2H3. The Morgan fingerprint density at radius 2 is 1.53 bits per heavy atom. The van der Waals surface area contributed by atoms with Crippen molar-refractivity contribution in [3.05, 3.63) is 63.2 Å². The van der Waals surface area contributed by atoms with Gasteiger partial charge in [0.1, 0.15) is 0 Å². The molecule has 2 rings (SSSR count). The third-order valence-corrected chi connectivity index (χ3v) is 3.17. The van der Waals surface area contributed by atoms with Gasteiger partial charge >= 0.3 is 0 Å². The van der Waals surface area contributed by atoms with Gasteiger partial charge in [-0.2, -0.15) is 0 Å². The van der Waals surface area contributed by atoms with E-state index in [0.717, 1.165) is 0 Å². The molecule has 0 radical (unpaired) electrons. The van der Waals surface area contributed by atoms with Crippen LogP contribution in [0, 0.1) is 13.8 Å². The Labute approximate surface area is 117 Å². The molecule has 0 aliphatic carbocycles. The van der Waals surface area contributed by atoms with Crippen LogP contribution in [0.3, 0.4) is 0 Å². The summed E-state index contributed by atoms with van der Waals surface area (Å²) >= 11 is 2.26. The van der Waals surface area contributed by atoms with Crippen LogP contribution < -0.4 is 0 Å². The average Bonchev–Trinajstić information content (AvgIpc) is 2.33. The summed E-state index contributed by atoms with van der Waals surface area (Å²) in [6.07, 6.45) is 2.15. The van der Waals surface area contributed by atoms with Gasteiger partial charge < -0.3 is 0 Å². The third-order valence-electron chi connectivity index (χ3n) is 2.81. The highest BCUT2D eigenvalue weighted by atomic mass is 127. The normalized spacial score (nSPS) is 11.0. The Morgan fingerprint density at radius 1 is 0.882 bits per heavy atom. The summed E-state index contributed by atoms with van der Waals surface area (Å²) < 4.78 is 2.06. The van der Waals surface area contributed by atoms with E-state index < -0.39 is 0 Å². The molecule has 0 fully saturated rings. The summed E-state index contributed by atoms with van der Waals surface area (Å²) in [5, 5.41) is 0. The van der Waals surface area contributed by atoms with Crippen LogP contribution >= 0.6 is 22.6 Å². The number of aryl methyl sites for hydroxylation is 2. The summed E-state index contributed by atoms with van der Waals surface area (Å²) in [6.45, 7) is 4.25. The van der Waals surface area contributed by atoms with E-state index in [1.165, 1.54) is 27.8 Å². The van der Waals surface area contributed by atoms with Crippen LogP contribution in [-0.4, -0.2) is 0 Å². The van der Waals surface area contributed by atoms with Gasteiger partial charge in [-0.05, 0) is 40.7 Å². The summed E-state index contributed by atoms with van der Waals surface area (Å²) in [5.41, 5.74) is 6.45. The van der Waals surface area contributed by atoms with Gasteiger partial charge in [0.05, 0.1) is 0 Å². The van der Waals surface area contributed by atoms with Crippen LogP contribution in [0.25, 0.3) is 17.2 Å². The second-order valence-corrected chi connectivity index (χ2v) is 4.97. The third kappa shape index (κ3) is 2.97. The number of hydrogen-bond acceptors (Lipinski definition) is 0. The molecule has 0 saturated heterocycles. The van der Waals surface area contributed by atoms with Crippen molar-refractivity contribution >= 4 is 28.7 Å². The first kappa shape index (κ1) is 12.4. The van der Waals surface area contributed by atoms with E-state index in [0.29, 0.717) is 0 Å². The SMILES string of the molecule is Cc1ccc(-c2cc(C)ccc2C=CI)cc1. The lowest BCUT2D eigenvalue weighted by Gasteiger charge is -2.08. The lowest BCUT2D eigenvalue weighted by atomic mass is 9.97. The Bertz CT molecular complexity index is 536. The fourth-order valence-corrected chi connectivity index (χ4v) is 2.25. The minimum atomic E-state index is 1.27. The topological polar surface area (TPSA) is 0 Å². The predicted molar refractivity (Wildman–Crippen MR) is 84.4 cm³/mol. The molecule has 17 heavy (non-hydrogen) atoms. The average molecular weight is 334 g/mol. The molecule has 86 valence electrons. The fraction of sp³-hybridized carbons (Fsp3) is 0.125. The lowest BCUT2D eigenvalue weighted by molar-refractivity contribution is 1.43. The van der Waals surface area contributed by atoms with Crippen molar-refractivity contribution in [2.45, 2.75) is 13.8 Å². The van der Waals surface area contributed by atoms with Crippen LogP contribution in [0.5, 0.6) is 0 Å². The molecule has 0 N–H and O–H groups in total. The molecule has 0 aliphatic rings. The lowest BCUT2D eigenvalue weighted by Crippen LogP contribution is -1.85. The zero-order valence-corrected chi connectivity index (χ0v) is 12.2. The maximum atomic E-state index is 2.26. The van der Waals surface area contributed by atoms with Crippen molar-refractivity contribution < 1.29 is 0 Å². The van der Waals surface area contributed by atoms with Crippen molar-refractivity contribution in [1.29, 1.82) is 0 Å². The predicted octanol–water partition coefficient (Wildman–Crippen LogP) is 5.38. The zero-order chi connectivity index (χ0) is 12.3. The van der Waals surface area contributed by atoms with Crippen molar-refractivity contribution in [2.75, 3.05) is 0 Å². The van der Waals surface area contributed by atoms with E-state index in [2.05, 4.69) is 89.1 Å². The summed E-state index contributed by atoms with van der Waals surface area (Å²) in [7, 11) is 0. The van der Waals surface area contributed by atoms with Gasteiger partial charge in [0.15, 0.2) is 0 Å². The van der Waals surface area contributed by atoms with Crippen molar-refractivity contribution in [1.82, 2.24) is 0 Å². The van der Waals surface area contributed by atoms with Gasteiger partial charge in [-0.15, -0.1) is 0 Å². The highest BCUT2D eigenvalue weighted by Gasteiger charge is 2.03. The quantitative estimate of drug-likeness (QED) is 0.647. The molecule has 0 nitrogen and oxygen atoms in total. The summed E-state index contributed by atoms with van der Waals surface area (Å²) in [5.74, 6) is 0. The molecular formula is C16H15I. The molecule has 0 aliphatic heterocycles. The van der Waals surface area contributed by atoms with Crippen LogP contribution in [0.15, 0.2) is 46.5 Å². The fourth-order valence-electron chi connectivity index (χ4n) is 1.87. The minimum absolute atomic E-state index is 1.27. The van der Waals surface area contributed by atoms with Gasteiger partial charge in [0.25, 0.3) is 0 Å². The first-order valence-electron chi connectivity index (χ1n) is 5.65. The van der Waals surface area contributed by atoms with E-state index >= 15 is 0 Å². The molecule has 0 spiro atoms. The molecule has 0 bridgehead atoms. The minimum Gasteiger partial charge on any atom is -0.0587 e. The second kappa shape index (κ2) is 5.50.